The molecule has 2 N–H and O–H groups in total. The fourth-order valence-corrected chi connectivity index (χ4v) is 1.78. The molecule has 0 fully saturated rings. The van der Waals surface area contributed by atoms with Gasteiger partial charge in [0.2, 0.25) is 0 Å². The first-order valence-corrected chi connectivity index (χ1v) is 7.46. The summed E-state index contributed by atoms with van der Waals surface area (Å²) in [5.41, 5.74) is 0.933. The molecule has 1 aromatic rings. The average Bonchev–Trinajstić information content (AvgIpc) is 2.58. The third-order valence-corrected chi connectivity index (χ3v) is 3.09. The van der Waals surface area contributed by atoms with E-state index in [1.807, 2.05) is 30.3 Å². The van der Waals surface area contributed by atoms with Gasteiger partial charge in [0, 0.05) is 12.0 Å². The van der Waals surface area contributed by atoms with Gasteiger partial charge in [-0.15, -0.1) is 0 Å². The topological polar surface area (TPSA) is 66.8 Å². The summed E-state index contributed by atoms with van der Waals surface area (Å²) in [6.07, 6.45) is 5.64. The molecule has 0 spiro atoms. The quantitative estimate of drug-likeness (QED) is 0.460. The summed E-state index contributed by atoms with van der Waals surface area (Å²) in [7, 11) is 1.32. The molecule has 4 heteroatoms. The van der Waals surface area contributed by atoms with Crippen molar-refractivity contribution in [3.63, 3.8) is 0 Å². The third kappa shape index (κ3) is 8.62. The van der Waals surface area contributed by atoms with Crippen LogP contribution in [0, 0.1) is 11.8 Å². The normalized spacial score (nSPS) is 13.5. The van der Waals surface area contributed by atoms with Crippen LogP contribution in [-0.4, -0.2) is 35.5 Å². The molecule has 2 atom stereocenters. The van der Waals surface area contributed by atoms with E-state index in [0.717, 1.165) is 5.56 Å². The van der Waals surface area contributed by atoms with Crippen LogP contribution in [0.15, 0.2) is 54.6 Å². The number of aliphatic hydroxyl groups excluding tert-OH is 2. The summed E-state index contributed by atoms with van der Waals surface area (Å²) in [5.74, 6) is 5.54. The minimum Gasteiger partial charge on any atom is -0.469 e. The molecule has 0 bridgehead atoms. The van der Waals surface area contributed by atoms with E-state index in [4.69, 9.17) is 0 Å². The molecule has 23 heavy (non-hydrogen) atoms. The van der Waals surface area contributed by atoms with Crippen LogP contribution in [0.3, 0.4) is 0 Å². The van der Waals surface area contributed by atoms with E-state index in [1.165, 1.54) is 13.2 Å². The first kappa shape index (κ1) is 18.7. The summed E-state index contributed by atoms with van der Waals surface area (Å²) >= 11 is 0. The Bertz CT molecular complexity index is 578. The highest BCUT2D eigenvalue weighted by Crippen LogP contribution is 2.07. The predicted octanol–water partition coefficient (Wildman–Crippen LogP) is 2.22. The maximum absolute atomic E-state index is 10.9. The summed E-state index contributed by atoms with van der Waals surface area (Å²) in [5, 5.41) is 19.5. The van der Waals surface area contributed by atoms with E-state index in [1.54, 1.807) is 18.2 Å². The zero-order chi connectivity index (χ0) is 16.9. The highest BCUT2D eigenvalue weighted by atomic mass is 16.5. The molecule has 0 unspecified atom stereocenters. The molecule has 0 heterocycles. The molecule has 0 aliphatic heterocycles. The SMILES string of the molecule is COC(=O)CCC[C@H](O)[C@H](O)/C=C\C=C\C#Cc1ccccc1. The van der Waals surface area contributed by atoms with E-state index >= 15 is 0 Å². The molecule has 4 nitrogen and oxygen atoms in total. The maximum atomic E-state index is 10.9. The Hall–Kier alpha value is -2.35. The second-order valence-electron chi connectivity index (χ2n) is 4.91. The van der Waals surface area contributed by atoms with Gasteiger partial charge in [-0.1, -0.05) is 48.3 Å². The number of carbonyl (C=O) groups is 1. The van der Waals surface area contributed by atoms with E-state index in [9.17, 15) is 15.0 Å². The smallest absolute Gasteiger partial charge is 0.305 e. The van der Waals surface area contributed by atoms with Crippen LogP contribution in [0.5, 0.6) is 0 Å². The van der Waals surface area contributed by atoms with Crippen LogP contribution in [0.25, 0.3) is 0 Å². The Morgan fingerprint density at radius 2 is 2.00 bits per heavy atom. The second-order valence-corrected chi connectivity index (χ2v) is 4.91. The zero-order valence-electron chi connectivity index (χ0n) is 13.2. The maximum Gasteiger partial charge on any atom is 0.305 e. The number of allylic oxidation sites excluding steroid dienone is 3. The van der Waals surface area contributed by atoms with Crippen molar-refractivity contribution in [3.05, 3.63) is 60.2 Å². The monoisotopic (exact) mass is 314 g/mol. The molecule has 1 aromatic carbocycles. The molecule has 0 radical (unpaired) electrons. The molecule has 0 amide bonds. The Morgan fingerprint density at radius 3 is 2.70 bits per heavy atom. The summed E-state index contributed by atoms with van der Waals surface area (Å²) < 4.78 is 4.51. The molecule has 0 aliphatic carbocycles. The lowest BCUT2D eigenvalue weighted by Crippen LogP contribution is -2.23. The summed E-state index contributed by atoms with van der Waals surface area (Å²) in [4.78, 5) is 10.9. The lowest BCUT2D eigenvalue weighted by atomic mass is 10.1. The lowest BCUT2D eigenvalue weighted by molar-refractivity contribution is -0.140. The molecule has 0 aromatic heterocycles. The number of hydrogen-bond acceptors (Lipinski definition) is 4. The highest BCUT2D eigenvalue weighted by Gasteiger charge is 2.13. The van der Waals surface area contributed by atoms with E-state index in [0.29, 0.717) is 12.8 Å². The molecule has 0 saturated heterocycles. The van der Waals surface area contributed by atoms with Gasteiger partial charge in [0.1, 0.15) is 0 Å². The Kier molecular flexibility index (Phi) is 9.14. The molecular weight excluding hydrogens is 292 g/mol. The van der Waals surface area contributed by atoms with Crippen molar-refractivity contribution in [1.29, 1.82) is 0 Å². The lowest BCUT2D eigenvalue weighted by Gasteiger charge is -2.13. The summed E-state index contributed by atoms with van der Waals surface area (Å²) in [6.45, 7) is 0. The van der Waals surface area contributed by atoms with Crippen LogP contribution in [0.2, 0.25) is 0 Å². The van der Waals surface area contributed by atoms with Crippen molar-refractivity contribution < 1.29 is 19.7 Å². The van der Waals surface area contributed by atoms with Crippen molar-refractivity contribution in [3.8, 4) is 11.8 Å². The van der Waals surface area contributed by atoms with Gasteiger partial charge in [0.05, 0.1) is 19.3 Å². The Labute approximate surface area is 137 Å². The average molecular weight is 314 g/mol. The predicted molar refractivity (Wildman–Crippen MR) is 89.5 cm³/mol. The van der Waals surface area contributed by atoms with Crippen molar-refractivity contribution in [1.82, 2.24) is 0 Å². The van der Waals surface area contributed by atoms with Gasteiger partial charge in [-0.2, -0.15) is 0 Å². The number of benzene rings is 1. The minimum atomic E-state index is -0.973. The number of carbonyl (C=O) groups excluding carboxylic acids is 1. The molecule has 0 aliphatic rings. The zero-order valence-corrected chi connectivity index (χ0v) is 13.2. The van der Waals surface area contributed by atoms with Crippen molar-refractivity contribution >= 4 is 5.97 Å². The van der Waals surface area contributed by atoms with Crippen LogP contribution in [0.1, 0.15) is 24.8 Å². The minimum absolute atomic E-state index is 0.235. The van der Waals surface area contributed by atoms with Gasteiger partial charge in [-0.25, -0.2) is 0 Å². The number of rotatable bonds is 7. The molecule has 0 saturated carbocycles. The van der Waals surface area contributed by atoms with E-state index in [2.05, 4.69) is 16.6 Å². The van der Waals surface area contributed by atoms with Crippen LogP contribution in [0.4, 0.5) is 0 Å². The van der Waals surface area contributed by atoms with Gasteiger partial charge in [-0.3, -0.25) is 4.79 Å². The van der Waals surface area contributed by atoms with Crippen molar-refractivity contribution in [2.45, 2.75) is 31.5 Å². The van der Waals surface area contributed by atoms with E-state index in [-0.39, 0.29) is 12.4 Å². The van der Waals surface area contributed by atoms with Crippen LogP contribution < -0.4 is 0 Å². The van der Waals surface area contributed by atoms with Gasteiger partial charge in [0.25, 0.3) is 0 Å². The number of methoxy groups -OCH3 is 1. The molecular formula is C19H22O4. The van der Waals surface area contributed by atoms with Crippen molar-refractivity contribution in [2.75, 3.05) is 7.11 Å². The van der Waals surface area contributed by atoms with Gasteiger partial charge in [0.15, 0.2) is 0 Å². The molecule has 122 valence electrons. The van der Waals surface area contributed by atoms with Gasteiger partial charge in [-0.05, 0) is 31.1 Å². The fraction of sp³-hybridized carbons (Fsp3) is 0.316. The highest BCUT2D eigenvalue weighted by molar-refractivity contribution is 5.68. The number of hydrogen-bond donors (Lipinski definition) is 2. The first-order valence-electron chi connectivity index (χ1n) is 7.46. The largest absolute Gasteiger partial charge is 0.469 e. The summed E-state index contributed by atoms with van der Waals surface area (Å²) in [6, 6.07) is 9.62. The fourth-order valence-electron chi connectivity index (χ4n) is 1.78. The third-order valence-electron chi connectivity index (χ3n) is 3.09. The number of ether oxygens (including phenoxy) is 1. The second kappa shape index (κ2) is 11.2. The van der Waals surface area contributed by atoms with Crippen LogP contribution >= 0.6 is 0 Å². The Morgan fingerprint density at radius 1 is 1.26 bits per heavy atom. The molecule has 1 rings (SSSR count). The Balaban J connectivity index is 2.31. The standard InChI is InChI=1S/C19H22O4/c1-23-19(22)15-9-14-18(21)17(20)13-8-3-2-5-10-16-11-6-4-7-12-16/h2-4,6-8,11-13,17-18,20-21H,9,14-15H2,1H3/b3-2+,13-8-/t17-,18+/m1/s1. The van der Waals surface area contributed by atoms with Gasteiger partial charge >= 0.3 is 5.97 Å². The van der Waals surface area contributed by atoms with Crippen LogP contribution in [-0.2, 0) is 9.53 Å². The van der Waals surface area contributed by atoms with E-state index < -0.39 is 12.2 Å². The number of aliphatic hydroxyl groups is 2. The van der Waals surface area contributed by atoms with Crippen molar-refractivity contribution in [2.24, 2.45) is 0 Å². The first-order chi connectivity index (χ1) is 11.1. The number of esters is 1. The van der Waals surface area contributed by atoms with Gasteiger partial charge < -0.3 is 14.9 Å².